The number of furan rings is 1. The second-order valence-corrected chi connectivity index (χ2v) is 8.59. The molecule has 9 nitrogen and oxygen atoms in total. The van der Waals surface area contributed by atoms with Crippen molar-refractivity contribution in [2.75, 3.05) is 25.4 Å². The largest absolute Gasteiger partial charge is 0.467 e. The molecule has 1 saturated heterocycles. The normalized spacial score (nSPS) is 14.4. The molecule has 0 atom stereocenters. The maximum atomic E-state index is 13.4. The molecular weight excluding hydrogens is 444 g/mol. The Bertz CT molecular complexity index is 1170. The first-order valence-electron chi connectivity index (χ1n) is 10.9. The van der Waals surface area contributed by atoms with Crippen molar-refractivity contribution >= 4 is 34.7 Å². The fourth-order valence-corrected chi connectivity index (χ4v) is 4.75. The van der Waals surface area contributed by atoms with Crippen LogP contribution in [0.3, 0.4) is 0 Å². The van der Waals surface area contributed by atoms with E-state index in [0.29, 0.717) is 60.9 Å². The molecule has 2 amide bonds. The molecule has 1 N–H and O–H groups in total. The number of likely N-dealkylation sites (tertiary alicyclic amines) is 1. The van der Waals surface area contributed by atoms with Crippen LogP contribution in [0.1, 0.15) is 31.6 Å². The van der Waals surface area contributed by atoms with Crippen LogP contribution in [-0.4, -0.2) is 51.9 Å². The predicted octanol–water partition coefficient (Wildman–Crippen LogP) is 3.19. The van der Waals surface area contributed by atoms with Gasteiger partial charge in [-0.2, -0.15) is 0 Å². The maximum Gasteiger partial charge on any atom is 0.409 e. The van der Waals surface area contributed by atoms with E-state index in [1.54, 1.807) is 46.9 Å². The molecule has 3 heterocycles. The molecule has 33 heavy (non-hydrogen) atoms. The second kappa shape index (κ2) is 10.6. The van der Waals surface area contributed by atoms with Gasteiger partial charge in [-0.3, -0.25) is 14.2 Å². The summed E-state index contributed by atoms with van der Waals surface area (Å²) in [4.78, 5) is 44.2. The Morgan fingerprint density at radius 1 is 1.21 bits per heavy atom. The number of amides is 2. The number of benzene rings is 1. The van der Waals surface area contributed by atoms with E-state index in [1.165, 1.54) is 11.8 Å². The molecule has 2 aromatic heterocycles. The minimum Gasteiger partial charge on any atom is -0.467 e. The summed E-state index contributed by atoms with van der Waals surface area (Å²) in [6.07, 6.45) is 2.44. The molecule has 4 rings (SSSR count). The van der Waals surface area contributed by atoms with Crippen LogP contribution < -0.4 is 10.9 Å². The highest BCUT2D eigenvalue weighted by Crippen LogP contribution is 2.27. The minimum atomic E-state index is -0.331. The van der Waals surface area contributed by atoms with Crippen LogP contribution in [0, 0.1) is 0 Å². The zero-order valence-electron chi connectivity index (χ0n) is 18.4. The van der Waals surface area contributed by atoms with Crippen LogP contribution in [-0.2, 0) is 16.1 Å². The Morgan fingerprint density at radius 2 is 2.00 bits per heavy atom. The number of para-hydroxylation sites is 1. The van der Waals surface area contributed by atoms with Gasteiger partial charge in [0.25, 0.3) is 5.56 Å². The molecule has 0 spiro atoms. The lowest BCUT2D eigenvalue weighted by molar-refractivity contribution is -0.118. The SMILES string of the molecule is CCOC(=O)N1CCC(n2c(SCC(=O)NCc3ccco3)nc3ccccc3c2=O)CC1. The molecule has 1 fully saturated rings. The number of thioether (sulfide) groups is 1. The first kappa shape index (κ1) is 22.9. The van der Waals surface area contributed by atoms with E-state index in [4.69, 9.17) is 14.1 Å². The molecule has 1 aliphatic rings. The molecule has 3 aromatic rings. The number of fused-ring (bicyclic) bond motifs is 1. The van der Waals surface area contributed by atoms with Crippen LogP contribution in [0.4, 0.5) is 4.79 Å². The van der Waals surface area contributed by atoms with Crippen LogP contribution in [0.15, 0.2) is 57.0 Å². The lowest BCUT2D eigenvalue weighted by Gasteiger charge is -2.33. The Morgan fingerprint density at radius 3 is 2.73 bits per heavy atom. The molecule has 0 saturated carbocycles. The minimum absolute atomic E-state index is 0.117. The number of carbonyl (C=O) groups is 2. The Hall–Kier alpha value is -3.27. The summed E-state index contributed by atoms with van der Waals surface area (Å²) in [5.74, 6) is 0.609. The highest BCUT2D eigenvalue weighted by atomic mass is 32.2. The molecule has 174 valence electrons. The van der Waals surface area contributed by atoms with Crippen molar-refractivity contribution in [3.63, 3.8) is 0 Å². The molecule has 0 radical (unpaired) electrons. The fourth-order valence-electron chi connectivity index (χ4n) is 3.85. The molecule has 1 aliphatic heterocycles. The van der Waals surface area contributed by atoms with E-state index in [1.807, 2.05) is 12.1 Å². The van der Waals surface area contributed by atoms with E-state index < -0.39 is 0 Å². The smallest absolute Gasteiger partial charge is 0.409 e. The van der Waals surface area contributed by atoms with Crippen molar-refractivity contribution in [3.8, 4) is 0 Å². The molecule has 0 bridgehead atoms. The van der Waals surface area contributed by atoms with Crippen molar-refractivity contribution in [2.45, 2.75) is 37.5 Å². The fraction of sp³-hybridized carbons (Fsp3) is 0.391. The van der Waals surface area contributed by atoms with Crippen molar-refractivity contribution in [1.82, 2.24) is 19.8 Å². The third kappa shape index (κ3) is 5.39. The van der Waals surface area contributed by atoms with Crippen LogP contribution in [0.25, 0.3) is 10.9 Å². The number of nitrogens with zero attached hydrogens (tertiary/aromatic N) is 3. The number of ether oxygens (including phenoxy) is 1. The summed E-state index contributed by atoms with van der Waals surface area (Å²) in [5, 5.41) is 3.85. The van der Waals surface area contributed by atoms with Gasteiger partial charge in [0.2, 0.25) is 5.91 Å². The zero-order chi connectivity index (χ0) is 23.2. The number of carbonyl (C=O) groups excluding carboxylic acids is 2. The van der Waals surface area contributed by atoms with Gasteiger partial charge in [0.05, 0.1) is 36.1 Å². The number of hydrogen-bond donors (Lipinski definition) is 1. The average molecular weight is 471 g/mol. The number of hydrogen-bond acceptors (Lipinski definition) is 7. The van der Waals surface area contributed by atoms with E-state index in [-0.39, 0.29) is 29.4 Å². The summed E-state index contributed by atoms with van der Waals surface area (Å²) < 4.78 is 12.0. The Balaban J connectivity index is 1.52. The number of rotatable bonds is 7. The van der Waals surface area contributed by atoms with E-state index in [0.717, 1.165) is 0 Å². The lowest BCUT2D eigenvalue weighted by atomic mass is 10.0. The van der Waals surface area contributed by atoms with Crippen LogP contribution in [0.5, 0.6) is 0 Å². The van der Waals surface area contributed by atoms with Crippen molar-refractivity contribution in [3.05, 3.63) is 58.8 Å². The third-order valence-electron chi connectivity index (χ3n) is 5.50. The molecule has 1 aromatic carbocycles. The quantitative estimate of drug-likeness (QED) is 0.417. The standard InChI is InChI=1S/C23H26N4O5S/c1-2-31-23(30)26-11-9-16(10-12-26)27-21(29)18-7-3-4-8-19(18)25-22(27)33-15-20(28)24-14-17-6-5-13-32-17/h3-8,13,16H,2,9-12,14-15H2,1H3,(H,24,28). The van der Waals surface area contributed by atoms with Gasteiger partial charge in [-0.1, -0.05) is 23.9 Å². The highest BCUT2D eigenvalue weighted by Gasteiger charge is 2.27. The highest BCUT2D eigenvalue weighted by molar-refractivity contribution is 7.99. The average Bonchev–Trinajstić information content (AvgIpc) is 3.36. The number of nitrogens with one attached hydrogen (secondary N) is 1. The van der Waals surface area contributed by atoms with Gasteiger partial charge in [0.1, 0.15) is 5.76 Å². The molecular formula is C23H26N4O5S. The van der Waals surface area contributed by atoms with Gasteiger partial charge in [0.15, 0.2) is 5.16 Å². The van der Waals surface area contributed by atoms with E-state index in [9.17, 15) is 14.4 Å². The summed E-state index contributed by atoms with van der Waals surface area (Å²) in [5.41, 5.74) is 0.467. The van der Waals surface area contributed by atoms with Gasteiger partial charge in [-0.25, -0.2) is 9.78 Å². The first-order valence-corrected chi connectivity index (χ1v) is 11.9. The Labute approximate surface area is 195 Å². The second-order valence-electron chi connectivity index (χ2n) is 7.65. The Kier molecular flexibility index (Phi) is 7.33. The van der Waals surface area contributed by atoms with Gasteiger partial charge in [0, 0.05) is 19.1 Å². The summed E-state index contributed by atoms with van der Waals surface area (Å²) in [7, 11) is 0. The lowest BCUT2D eigenvalue weighted by Crippen LogP contribution is -2.41. The van der Waals surface area contributed by atoms with Gasteiger partial charge >= 0.3 is 6.09 Å². The first-order chi connectivity index (χ1) is 16.1. The maximum absolute atomic E-state index is 13.4. The third-order valence-corrected chi connectivity index (χ3v) is 6.46. The van der Waals surface area contributed by atoms with E-state index in [2.05, 4.69) is 5.32 Å². The molecule has 0 aliphatic carbocycles. The van der Waals surface area contributed by atoms with Gasteiger partial charge < -0.3 is 19.4 Å². The summed E-state index contributed by atoms with van der Waals surface area (Å²) in [6, 6.07) is 10.6. The molecule has 0 unspecified atom stereocenters. The summed E-state index contributed by atoms with van der Waals surface area (Å²) in [6.45, 7) is 3.40. The van der Waals surface area contributed by atoms with Gasteiger partial charge in [-0.15, -0.1) is 0 Å². The zero-order valence-corrected chi connectivity index (χ0v) is 19.2. The van der Waals surface area contributed by atoms with Crippen LogP contribution >= 0.6 is 11.8 Å². The van der Waals surface area contributed by atoms with Crippen molar-refractivity contribution in [1.29, 1.82) is 0 Å². The summed E-state index contributed by atoms with van der Waals surface area (Å²) >= 11 is 1.23. The van der Waals surface area contributed by atoms with Crippen molar-refractivity contribution < 1.29 is 18.7 Å². The van der Waals surface area contributed by atoms with Gasteiger partial charge in [-0.05, 0) is 44.0 Å². The van der Waals surface area contributed by atoms with Crippen LogP contribution in [0.2, 0.25) is 0 Å². The molecule has 10 heteroatoms. The van der Waals surface area contributed by atoms with E-state index >= 15 is 0 Å². The predicted molar refractivity (Wildman–Crippen MR) is 124 cm³/mol. The number of piperidine rings is 1. The monoisotopic (exact) mass is 470 g/mol. The topological polar surface area (TPSA) is 107 Å². The number of aromatic nitrogens is 2. The van der Waals surface area contributed by atoms with Crippen molar-refractivity contribution in [2.24, 2.45) is 0 Å².